The zero-order valence-electron chi connectivity index (χ0n) is 38.5. The molecule has 0 radical (unpaired) electrons. The second-order valence-corrected chi connectivity index (χ2v) is 18.4. The minimum absolute atomic E-state index is 0.254. The molecule has 1 aliphatic rings. The largest absolute Gasteiger partial charge is 0.397 e. The van der Waals surface area contributed by atoms with Crippen LogP contribution in [0.1, 0.15) is 219 Å². The first-order valence-corrected chi connectivity index (χ1v) is 26.1. The number of hydrogen-bond donors (Lipinski definition) is 6. The number of aliphatic hydroxyl groups excluding tert-OH is 4. The average molecular weight is 890 g/mol. The summed E-state index contributed by atoms with van der Waals surface area (Å²) in [7, 11) is -5.08. The summed E-state index contributed by atoms with van der Waals surface area (Å²) in [6.07, 6.45) is 36.7. The van der Waals surface area contributed by atoms with E-state index in [1.54, 1.807) is 6.08 Å². The van der Waals surface area contributed by atoms with Crippen molar-refractivity contribution in [3.05, 3.63) is 24.3 Å². The molecule has 12 nitrogen and oxygen atoms in total. The standard InChI is InChI=1S/C48H91NO11S/c1-3-5-7-9-11-13-15-16-17-18-19-20-21-22-23-24-25-26-27-28-29-31-33-35-37-42(51)41(49-44(52)38-36-34-32-30-14-12-10-8-6-4-2)40-58-48-46(54)47(60-61(55,56)57)45(53)43(39-50)59-48/h10,12,35,37,41-43,45-48,50-51,53-54H,3-9,11,13-34,36,38-40H2,1-2H3,(H,49,52)(H,55,56,57)/b12-10-,37-35+. The van der Waals surface area contributed by atoms with Gasteiger partial charge in [0, 0.05) is 6.42 Å². The highest BCUT2D eigenvalue weighted by Crippen LogP contribution is 2.26. The van der Waals surface area contributed by atoms with Gasteiger partial charge in [0.05, 0.1) is 25.4 Å². The molecule has 0 aromatic heterocycles. The molecule has 0 saturated carbocycles. The Hall–Kier alpha value is -1.42. The Morgan fingerprint density at radius 3 is 1.52 bits per heavy atom. The third kappa shape index (κ3) is 32.0. The van der Waals surface area contributed by atoms with Gasteiger partial charge in [-0.15, -0.1) is 0 Å². The molecule has 1 saturated heterocycles. The Morgan fingerprint density at radius 2 is 1.07 bits per heavy atom. The van der Waals surface area contributed by atoms with Gasteiger partial charge in [0.2, 0.25) is 5.91 Å². The molecule has 13 heteroatoms. The SMILES string of the molecule is CCCC/C=C\CCCCCCC(=O)NC(COC1OC(CO)C(O)C(OS(=O)(=O)O)C1O)C(O)/C=C/CCCCCCCCCCCCCCCCCCCCCCCC. The van der Waals surface area contributed by atoms with Crippen LogP contribution < -0.4 is 5.32 Å². The first-order chi connectivity index (χ1) is 29.5. The number of unbranched alkanes of at least 4 members (excludes halogenated alkanes) is 28. The summed E-state index contributed by atoms with van der Waals surface area (Å²) >= 11 is 0. The fourth-order valence-electron chi connectivity index (χ4n) is 7.85. The van der Waals surface area contributed by atoms with Gasteiger partial charge in [0.1, 0.15) is 24.4 Å². The lowest BCUT2D eigenvalue weighted by Gasteiger charge is -2.41. The van der Waals surface area contributed by atoms with E-state index in [4.69, 9.17) is 9.47 Å². The van der Waals surface area contributed by atoms with Crippen LogP contribution in [0.25, 0.3) is 0 Å². The van der Waals surface area contributed by atoms with Gasteiger partial charge in [-0.2, -0.15) is 8.42 Å². The second kappa shape index (κ2) is 39.0. The van der Waals surface area contributed by atoms with E-state index >= 15 is 0 Å². The van der Waals surface area contributed by atoms with Crippen LogP contribution in [0.5, 0.6) is 0 Å². The van der Waals surface area contributed by atoms with Crippen LogP contribution in [0.15, 0.2) is 24.3 Å². The van der Waals surface area contributed by atoms with Gasteiger partial charge in [-0.1, -0.05) is 199 Å². The second-order valence-electron chi connectivity index (χ2n) is 17.4. The molecule has 1 amide bonds. The summed E-state index contributed by atoms with van der Waals surface area (Å²) in [6.45, 7) is 3.34. The third-order valence-electron chi connectivity index (χ3n) is 11.7. The molecule has 360 valence electrons. The molecule has 1 rings (SSSR count). The maximum absolute atomic E-state index is 13.0. The van der Waals surface area contributed by atoms with Crippen molar-refractivity contribution in [2.24, 2.45) is 0 Å². The summed E-state index contributed by atoms with van der Waals surface area (Å²) in [4.78, 5) is 13.0. The smallest absolute Gasteiger partial charge is 0.394 e. The lowest BCUT2D eigenvalue weighted by Crippen LogP contribution is -2.61. The maximum atomic E-state index is 13.0. The Labute approximate surface area is 372 Å². The van der Waals surface area contributed by atoms with Crippen LogP contribution in [0.2, 0.25) is 0 Å². The van der Waals surface area contributed by atoms with Crippen molar-refractivity contribution in [2.45, 2.75) is 262 Å². The Morgan fingerprint density at radius 1 is 0.639 bits per heavy atom. The highest BCUT2D eigenvalue weighted by Gasteiger charge is 2.48. The van der Waals surface area contributed by atoms with Crippen molar-refractivity contribution < 1.29 is 51.8 Å². The highest BCUT2D eigenvalue weighted by molar-refractivity contribution is 7.80. The molecule has 7 unspecified atom stereocenters. The fraction of sp³-hybridized carbons (Fsp3) is 0.896. The molecule has 1 aliphatic heterocycles. The topological polar surface area (TPSA) is 192 Å². The summed E-state index contributed by atoms with van der Waals surface area (Å²) in [5.74, 6) is -0.276. The van der Waals surface area contributed by atoms with Crippen LogP contribution in [-0.2, 0) is 28.9 Å². The van der Waals surface area contributed by atoms with Crippen molar-refractivity contribution in [1.29, 1.82) is 0 Å². The molecule has 0 bridgehead atoms. The van der Waals surface area contributed by atoms with E-state index in [-0.39, 0.29) is 18.9 Å². The van der Waals surface area contributed by atoms with Gasteiger partial charge in [-0.05, 0) is 38.5 Å². The fourth-order valence-corrected chi connectivity index (χ4v) is 8.36. The van der Waals surface area contributed by atoms with E-state index in [0.717, 1.165) is 51.4 Å². The zero-order valence-corrected chi connectivity index (χ0v) is 39.3. The minimum Gasteiger partial charge on any atom is -0.394 e. The molecule has 1 heterocycles. The van der Waals surface area contributed by atoms with E-state index in [9.17, 15) is 38.2 Å². The van der Waals surface area contributed by atoms with E-state index in [1.165, 1.54) is 141 Å². The molecule has 0 aliphatic carbocycles. The quantitative estimate of drug-likeness (QED) is 0.0194. The Kier molecular flexibility index (Phi) is 36.8. The van der Waals surface area contributed by atoms with Crippen LogP contribution in [0.4, 0.5) is 0 Å². The van der Waals surface area contributed by atoms with Gasteiger partial charge < -0.3 is 35.2 Å². The number of nitrogens with one attached hydrogen (secondary N) is 1. The monoisotopic (exact) mass is 890 g/mol. The molecule has 0 spiro atoms. The highest BCUT2D eigenvalue weighted by atomic mass is 32.3. The lowest BCUT2D eigenvalue weighted by atomic mass is 9.99. The van der Waals surface area contributed by atoms with Crippen LogP contribution in [-0.4, -0.2) is 95.4 Å². The van der Waals surface area contributed by atoms with Gasteiger partial charge >= 0.3 is 10.4 Å². The van der Waals surface area contributed by atoms with E-state index in [0.29, 0.717) is 6.42 Å². The number of aliphatic hydroxyl groups is 4. The van der Waals surface area contributed by atoms with E-state index in [2.05, 4.69) is 35.5 Å². The zero-order chi connectivity index (χ0) is 44.8. The van der Waals surface area contributed by atoms with Gasteiger partial charge in [-0.3, -0.25) is 9.35 Å². The molecule has 0 aromatic rings. The normalized spacial score (nSPS) is 20.8. The number of rotatable bonds is 42. The van der Waals surface area contributed by atoms with Crippen molar-refractivity contribution in [1.82, 2.24) is 5.32 Å². The molecule has 7 atom stereocenters. The maximum Gasteiger partial charge on any atom is 0.397 e. The summed E-state index contributed by atoms with van der Waals surface area (Å²) < 4.78 is 47.6. The van der Waals surface area contributed by atoms with Crippen LogP contribution in [0, 0.1) is 0 Å². The average Bonchev–Trinajstić information content (AvgIpc) is 3.23. The summed E-state index contributed by atoms with van der Waals surface area (Å²) in [6, 6.07) is -0.947. The molecule has 1 fully saturated rings. The Bertz CT molecular complexity index is 1190. The first-order valence-electron chi connectivity index (χ1n) is 24.7. The predicted molar refractivity (Wildman–Crippen MR) is 245 cm³/mol. The van der Waals surface area contributed by atoms with Crippen molar-refractivity contribution in [3.8, 4) is 0 Å². The van der Waals surface area contributed by atoms with Gasteiger partial charge in [0.15, 0.2) is 6.29 Å². The Balaban J connectivity index is 2.40. The van der Waals surface area contributed by atoms with Gasteiger partial charge in [0.25, 0.3) is 0 Å². The third-order valence-corrected chi connectivity index (χ3v) is 12.2. The molecule has 61 heavy (non-hydrogen) atoms. The lowest BCUT2D eigenvalue weighted by molar-refractivity contribution is -0.298. The summed E-state index contributed by atoms with van der Waals surface area (Å²) in [5, 5.41) is 44.7. The van der Waals surface area contributed by atoms with Crippen molar-refractivity contribution >= 4 is 16.3 Å². The summed E-state index contributed by atoms with van der Waals surface area (Å²) in [5.41, 5.74) is 0. The number of amides is 1. The van der Waals surface area contributed by atoms with Gasteiger partial charge in [-0.25, -0.2) is 4.18 Å². The van der Waals surface area contributed by atoms with E-state index < -0.39 is 59.9 Å². The van der Waals surface area contributed by atoms with Crippen molar-refractivity contribution in [2.75, 3.05) is 13.2 Å². The number of ether oxygens (including phenoxy) is 2. The molecule has 0 aromatic carbocycles. The molecular formula is C48H91NO11S. The number of hydrogen-bond acceptors (Lipinski definition) is 10. The minimum atomic E-state index is -5.08. The number of carbonyl (C=O) groups is 1. The van der Waals surface area contributed by atoms with Crippen molar-refractivity contribution in [3.63, 3.8) is 0 Å². The molecular weight excluding hydrogens is 799 g/mol. The molecule has 6 N–H and O–H groups in total. The number of allylic oxidation sites excluding steroid dienone is 3. The van der Waals surface area contributed by atoms with Crippen LogP contribution >= 0.6 is 0 Å². The van der Waals surface area contributed by atoms with E-state index in [1.807, 2.05) is 6.08 Å². The predicted octanol–water partition coefficient (Wildman–Crippen LogP) is 10.1. The number of carbonyl (C=O) groups excluding carboxylic acids is 1. The van der Waals surface area contributed by atoms with Crippen LogP contribution in [0.3, 0.4) is 0 Å². The first kappa shape index (κ1) is 57.6.